The summed E-state index contributed by atoms with van der Waals surface area (Å²) in [7, 11) is -3.96. The third kappa shape index (κ3) is 2.52. The molecular weight excluding hydrogens is 304 g/mol. The van der Waals surface area contributed by atoms with Crippen molar-refractivity contribution < 1.29 is 18.0 Å². The van der Waals surface area contributed by atoms with Gasteiger partial charge in [-0.2, -0.15) is 0 Å². The standard InChI is InChI=1S/C15H16N2O4S/c18-14-10-13(12-6-2-1-3-7-12)22(20,21)17(14)11-15(19)16-8-4-5-9-16/h1-3,6-7,10H,4-5,8-9,11H2. The SMILES string of the molecule is O=C(CN1C(=O)C=C(c2ccccc2)S1(=O)=O)N1CCCC1. The van der Waals surface area contributed by atoms with Gasteiger partial charge in [-0.05, 0) is 18.4 Å². The van der Waals surface area contributed by atoms with Crippen molar-refractivity contribution in [2.24, 2.45) is 0 Å². The lowest BCUT2D eigenvalue weighted by Crippen LogP contribution is -2.41. The monoisotopic (exact) mass is 320 g/mol. The molecule has 22 heavy (non-hydrogen) atoms. The van der Waals surface area contributed by atoms with Gasteiger partial charge in [0, 0.05) is 19.2 Å². The molecule has 0 bridgehead atoms. The van der Waals surface area contributed by atoms with Crippen LogP contribution in [-0.4, -0.2) is 49.1 Å². The van der Waals surface area contributed by atoms with Crippen LogP contribution in [-0.2, 0) is 19.6 Å². The molecule has 2 amide bonds. The van der Waals surface area contributed by atoms with E-state index in [0.717, 1.165) is 18.9 Å². The molecule has 0 saturated carbocycles. The van der Waals surface area contributed by atoms with Crippen LogP contribution in [0.4, 0.5) is 0 Å². The van der Waals surface area contributed by atoms with Gasteiger partial charge in [-0.1, -0.05) is 30.3 Å². The second-order valence-corrected chi connectivity index (χ2v) is 7.14. The highest BCUT2D eigenvalue weighted by Gasteiger charge is 2.39. The lowest BCUT2D eigenvalue weighted by Gasteiger charge is -2.20. The number of nitrogens with zero attached hydrogens (tertiary/aromatic N) is 2. The summed E-state index contributed by atoms with van der Waals surface area (Å²) in [6.07, 6.45) is 2.92. The van der Waals surface area contributed by atoms with Crippen molar-refractivity contribution in [3.63, 3.8) is 0 Å². The van der Waals surface area contributed by atoms with Crippen LogP contribution >= 0.6 is 0 Å². The fourth-order valence-corrected chi connectivity index (χ4v) is 4.17. The third-order valence-corrected chi connectivity index (χ3v) is 5.66. The first kappa shape index (κ1) is 14.8. The van der Waals surface area contributed by atoms with Gasteiger partial charge in [0.15, 0.2) is 0 Å². The maximum Gasteiger partial charge on any atom is 0.268 e. The molecule has 6 nitrogen and oxygen atoms in total. The first-order valence-corrected chi connectivity index (χ1v) is 8.56. The summed E-state index contributed by atoms with van der Waals surface area (Å²) >= 11 is 0. The predicted molar refractivity (Wildman–Crippen MR) is 80.9 cm³/mol. The summed E-state index contributed by atoms with van der Waals surface area (Å²) in [5.41, 5.74) is 0.451. The number of rotatable bonds is 3. The molecule has 2 aliphatic rings. The molecule has 2 heterocycles. The summed E-state index contributed by atoms with van der Waals surface area (Å²) in [5, 5.41) is 0. The average Bonchev–Trinajstić information content (AvgIpc) is 3.10. The summed E-state index contributed by atoms with van der Waals surface area (Å²) in [6.45, 7) is 0.827. The predicted octanol–water partition coefficient (Wildman–Crippen LogP) is 0.822. The molecule has 0 unspecified atom stereocenters. The fraction of sp³-hybridized carbons (Fsp3) is 0.333. The molecule has 1 aromatic carbocycles. The van der Waals surface area contributed by atoms with Crippen LogP contribution in [0.5, 0.6) is 0 Å². The van der Waals surface area contributed by atoms with Gasteiger partial charge in [-0.3, -0.25) is 9.59 Å². The molecule has 116 valence electrons. The molecule has 0 aromatic heterocycles. The summed E-state index contributed by atoms with van der Waals surface area (Å²) < 4.78 is 25.7. The number of likely N-dealkylation sites (tertiary alicyclic amines) is 1. The van der Waals surface area contributed by atoms with Crippen molar-refractivity contribution in [3.8, 4) is 0 Å². The molecule has 3 rings (SSSR count). The van der Waals surface area contributed by atoms with Gasteiger partial charge in [-0.15, -0.1) is 0 Å². The molecule has 0 spiro atoms. The summed E-state index contributed by atoms with van der Waals surface area (Å²) in [6, 6.07) is 8.43. The van der Waals surface area contributed by atoms with E-state index in [9.17, 15) is 18.0 Å². The molecule has 2 aliphatic heterocycles. The van der Waals surface area contributed by atoms with E-state index in [0.29, 0.717) is 23.0 Å². The van der Waals surface area contributed by atoms with E-state index in [1.807, 2.05) is 0 Å². The molecule has 1 fully saturated rings. The van der Waals surface area contributed by atoms with Crippen LogP contribution in [0.1, 0.15) is 18.4 Å². The quantitative estimate of drug-likeness (QED) is 0.826. The minimum atomic E-state index is -3.96. The Morgan fingerprint density at radius 2 is 1.73 bits per heavy atom. The Labute approximate surface area is 129 Å². The van der Waals surface area contributed by atoms with Gasteiger partial charge in [-0.25, -0.2) is 12.7 Å². The van der Waals surface area contributed by atoms with Crippen LogP contribution in [0.25, 0.3) is 4.91 Å². The maximum atomic E-state index is 12.5. The van der Waals surface area contributed by atoms with Crippen LogP contribution in [0.15, 0.2) is 36.4 Å². The lowest BCUT2D eigenvalue weighted by molar-refractivity contribution is -0.134. The average molecular weight is 320 g/mol. The molecule has 7 heteroatoms. The Balaban J connectivity index is 1.83. The van der Waals surface area contributed by atoms with Crippen LogP contribution in [0, 0.1) is 0 Å². The van der Waals surface area contributed by atoms with Crippen molar-refractivity contribution in [3.05, 3.63) is 42.0 Å². The van der Waals surface area contributed by atoms with E-state index >= 15 is 0 Å². The van der Waals surface area contributed by atoms with Crippen molar-refractivity contribution in [2.75, 3.05) is 19.6 Å². The highest BCUT2D eigenvalue weighted by Crippen LogP contribution is 2.30. The number of carbonyl (C=O) groups is 2. The van der Waals surface area contributed by atoms with Gasteiger partial charge in [0.05, 0.1) is 0 Å². The molecule has 0 atom stereocenters. The van der Waals surface area contributed by atoms with E-state index in [1.165, 1.54) is 0 Å². The zero-order chi connectivity index (χ0) is 15.7. The molecule has 0 N–H and O–H groups in total. The normalized spacial score (nSPS) is 20.4. The van der Waals surface area contributed by atoms with Crippen LogP contribution in [0.2, 0.25) is 0 Å². The topological polar surface area (TPSA) is 74.8 Å². The highest BCUT2D eigenvalue weighted by molar-refractivity contribution is 7.99. The largest absolute Gasteiger partial charge is 0.341 e. The third-order valence-electron chi connectivity index (χ3n) is 3.86. The van der Waals surface area contributed by atoms with Crippen LogP contribution in [0.3, 0.4) is 0 Å². The van der Waals surface area contributed by atoms with E-state index in [1.54, 1.807) is 35.2 Å². The first-order valence-electron chi connectivity index (χ1n) is 7.12. The zero-order valence-electron chi connectivity index (χ0n) is 11.9. The molecule has 0 aliphatic carbocycles. The Morgan fingerprint density at radius 1 is 1.09 bits per heavy atom. The van der Waals surface area contributed by atoms with Crippen molar-refractivity contribution in [1.29, 1.82) is 0 Å². The maximum absolute atomic E-state index is 12.5. The molecule has 1 saturated heterocycles. The van der Waals surface area contributed by atoms with Gasteiger partial charge < -0.3 is 4.90 Å². The number of amides is 2. The Hall–Kier alpha value is -2.15. The zero-order valence-corrected chi connectivity index (χ0v) is 12.8. The van der Waals surface area contributed by atoms with E-state index < -0.39 is 22.5 Å². The van der Waals surface area contributed by atoms with E-state index in [2.05, 4.69) is 0 Å². The number of hydrogen-bond donors (Lipinski definition) is 0. The van der Waals surface area contributed by atoms with Crippen molar-refractivity contribution in [1.82, 2.24) is 9.21 Å². The Kier molecular flexibility index (Phi) is 3.74. The second-order valence-electron chi connectivity index (χ2n) is 5.31. The van der Waals surface area contributed by atoms with Crippen molar-refractivity contribution in [2.45, 2.75) is 12.8 Å². The number of carbonyl (C=O) groups excluding carboxylic acids is 2. The van der Waals surface area contributed by atoms with Gasteiger partial charge in [0.25, 0.3) is 15.9 Å². The fourth-order valence-electron chi connectivity index (χ4n) is 2.68. The second kappa shape index (κ2) is 5.57. The Bertz CT molecular complexity index is 734. The van der Waals surface area contributed by atoms with E-state index in [4.69, 9.17) is 0 Å². The first-order chi connectivity index (χ1) is 10.5. The molecule has 1 aromatic rings. The number of sulfonamides is 1. The molecular formula is C15H16N2O4S. The summed E-state index contributed by atoms with van der Waals surface area (Å²) in [4.78, 5) is 25.7. The summed E-state index contributed by atoms with van der Waals surface area (Å²) in [5.74, 6) is -0.983. The van der Waals surface area contributed by atoms with Gasteiger partial charge >= 0.3 is 0 Å². The van der Waals surface area contributed by atoms with Crippen LogP contribution < -0.4 is 0 Å². The molecule has 0 radical (unpaired) electrons. The lowest BCUT2D eigenvalue weighted by atomic mass is 10.2. The minimum absolute atomic E-state index is 0.0488. The number of benzene rings is 1. The van der Waals surface area contributed by atoms with E-state index in [-0.39, 0.29) is 10.8 Å². The van der Waals surface area contributed by atoms with Crippen molar-refractivity contribution >= 4 is 26.7 Å². The van der Waals surface area contributed by atoms with Gasteiger partial charge in [0.1, 0.15) is 11.4 Å². The van der Waals surface area contributed by atoms with Gasteiger partial charge in [0.2, 0.25) is 5.91 Å². The smallest absolute Gasteiger partial charge is 0.268 e. The minimum Gasteiger partial charge on any atom is -0.341 e. The number of hydrogen-bond acceptors (Lipinski definition) is 4. The highest BCUT2D eigenvalue weighted by atomic mass is 32.2. The Morgan fingerprint density at radius 3 is 2.36 bits per heavy atom.